The molecule has 18 heavy (non-hydrogen) atoms. The minimum Gasteiger partial charge on any atom is -0.351 e. The van der Waals surface area contributed by atoms with Gasteiger partial charge in [0.2, 0.25) is 11.8 Å². The zero-order valence-corrected chi connectivity index (χ0v) is 12.1. The lowest BCUT2D eigenvalue weighted by atomic mass is 9.86. The summed E-state index contributed by atoms with van der Waals surface area (Å²) in [5.74, 6) is -2.94. The average molecular weight is 338 g/mol. The zero-order chi connectivity index (χ0) is 13.2. The van der Waals surface area contributed by atoms with Gasteiger partial charge in [-0.2, -0.15) is 0 Å². The van der Waals surface area contributed by atoms with E-state index in [1.54, 1.807) is 11.3 Å². The predicted octanol–water partition coefficient (Wildman–Crippen LogP) is 3.95. The first-order chi connectivity index (χ1) is 8.48. The number of thiophene rings is 1. The van der Waals surface area contributed by atoms with Gasteiger partial charge in [0.25, 0.3) is 0 Å². The van der Waals surface area contributed by atoms with Gasteiger partial charge in [-0.1, -0.05) is 0 Å². The first-order valence-corrected chi connectivity index (χ1v) is 7.52. The lowest BCUT2D eigenvalue weighted by molar-refractivity contribution is -0.129. The number of alkyl halides is 2. The second-order valence-electron chi connectivity index (χ2n) is 4.54. The molecule has 6 heteroatoms. The van der Waals surface area contributed by atoms with Crippen molar-refractivity contribution in [2.75, 3.05) is 0 Å². The maximum absolute atomic E-state index is 13.0. The molecule has 1 aromatic heterocycles. The van der Waals surface area contributed by atoms with Crippen molar-refractivity contribution in [2.24, 2.45) is 5.92 Å². The molecule has 1 heterocycles. The Hall–Kier alpha value is -0.490. The molecular formula is C12H14BrF2NOS. The second kappa shape index (κ2) is 5.65. The first kappa shape index (κ1) is 13.9. The highest BCUT2D eigenvalue weighted by Gasteiger charge is 2.37. The van der Waals surface area contributed by atoms with Crippen LogP contribution in [0, 0.1) is 5.92 Å². The predicted molar refractivity (Wildman–Crippen MR) is 70.8 cm³/mol. The Morgan fingerprint density at radius 2 is 2.17 bits per heavy atom. The summed E-state index contributed by atoms with van der Waals surface area (Å²) in [5, 5.41) is 4.76. The number of nitrogens with one attached hydrogen (secondary N) is 1. The number of hydrogen-bond acceptors (Lipinski definition) is 2. The van der Waals surface area contributed by atoms with E-state index in [-0.39, 0.29) is 37.5 Å². The molecule has 0 radical (unpaired) electrons. The van der Waals surface area contributed by atoms with Crippen LogP contribution in [0.4, 0.5) is 8.78 Å². The van der Waals surface area contributed by atoms with Gasteiger partial charge in [-0.05, 0) is 40.2 Å². The third kappa shape index (κ3) is 3.51. The normalized spacial score (nSPS) is 19.7. The average Bonchev–Trinajstić information content (AvgIpc) is 2.72. The van der Waals surface area contributed by atoms with Gasteiger partial charge in [0.05, 0.1) is 6.54 Å². The molecule has 0 saturated heterocycles. The molecule has 1 N–H and O–H groups in total. The van der Waals surface area contributed by atoms with Gasteiger partial charge in [-0.3, -0.25) is 4.79 Å². The summed E-state index contributed by atoms with van der Waals surface area (Å²) in [6.07, 6.45) is 0.219. The van der Waals surface area contributed by atoms with Crippen LogP contribution in [0.2, 0.25) is 0 Å². The van der Waals surface area contributed by atoms with Crippen molar-refractivity contribution in [3.63, 3.8) is 0 Å². The van der Waals surface area contributed by atoms with Gasteiger partial charge in [0.1, 0.15) is 0 Å². The Morgan fingerprint density at radius 3 is 2.72 bits per heavy atom. The van der Waals surface area contributed by atoms with Crippen LogP contribution < -0.4 is 5.32 Å². The quantitative estimate of drug-likeness (QED) is 0.888. The van der Waals surface area contributed by atoms with Crippen LogP contribution in [0.5, 0.6) is 0 Å². The molecule has 0 unspecified atom stereocenters. The number of hydrogen-bond donors (Lipinski definition) is 1. The van der Waals surface area contributed by atoms with E-state index in [1.165, 1.54) is 0 Å². The minimum atomic E-state index is -2.58. The lowest BCUT2D eigenvalue weighted by Gasteiger charge is -2.27. The van der Waals surface area contributed by atoms with E-state index in [9.17, 15) is 13.6 Å². The first-order valence-electron chi connectivity index (χ1n) is 5.85. The molecule has 1 aliphatic carbocycles. The third-order valence-corrected chi connectivity index (χ3v) is 5.13. The summed E-state index contributed by atoms with van der Waals surface area (Å²) in [6, 6.07) is 1.92. The Balaban J connectivity index is 1.81. The summed E-state index contributed by atoms with van der Waals surface area (Å²) in [7, 11) is 0. The summed E-state index contributed by atoms with van der Waals surface area (Å²) in [4.78, 5) is 12.9. The molecular weight excluding hydrogens is 324 g/mol. The maximum Gasteiger partial charge on any atom is 0.248 e. The summed E-state index contributed by atoms with van der Waals surface area (Å²) in [5.41, 5.74) is 0. The Labute approximate surface area is 117 Å². The van der Waals surface area contributed by atoms with E-state index in [2.05, 4.69) is 21.2 Å². The van der Waals surface area contributed by atoms with Crippen LogP contribution in [0.25, 0.3) is 0 Å². The number of rotatable bonds is 3. The Kier molecular flexibility index (Phi) is 4.37. The van der Waals surface area contributed by atoms with E-state index in [1.807, 2.05) is 11.4 Å². The molecule has 2 rings (SSSR count). The molecule has 1 saturated carbocycles. The van der Waals surface area contributed by atoms with E-state index in [0.717, 1.165) is 9.35 Å². The smallest absolute Gasteiger partial charge is 0.248 e. The molecule has 2 nitrogen and oxygen atoms in total. The number of amides is 1. The Bertz CT molecular complexity index is 425. The van der Waals surface area contributed by atoms with Crippen LogP contribution in [-0.4, -0.2) is 11.8 Å². The molecule has 1 fully saturated rings. The van der Waals surface area contributed by atoms with E-state index in [0.29, 0.717) is 6.54 Å². The van der Waals surface area contributed by atoms with Crippen molar-refractivity contribution in [1.29, 1.82) is 0 Å². The summed E-state index contributed by atoms with van der Waals surface area (Å²) in [6.45, 7) is 0.462. The van der Waals surface area contributed by atoms with Crippen molar-refractivity contribution >= 4 is 33.2 Å². The fourth-order valence-corrected chi connectivity index (χ4v) is 3.50. The molecule has 1 amide bonds. The lowest BCUT2D eigenvalue weighted by Crippen LogP contribution is -2.35. The van der Waals surface area contributed by atoms with E-state index >= 15 is 0 Å². The SMILES string of the molecule is O=C(NCc1sccc1Br)C1CCC(F)(F)CC1. The third-order valence-electron chi connectivity index (χ3n) is 3.20. The van der Waals surface area contributed by atoms with Crippen molar-refractivity contribution < 1.29 is 13.6 Å². The number of carbonyl (C=O) groups excluding carboxylic acids is 1. The fourth-order valence-electron chi connectivity index (χ4n) is 2.07. The van der Waals surface area contributed by atoms with Crippen molar-refractivity contribution in [1.82, 2.24) is 5.32 Å². The molecule has 1 aliphatic rings. The molecule has 0 aliphatic heterocycles. The second-order valence-corrected chi connectivity index (χ2v) is 6.39. The van der Waals surface area contributed by atoms with Crippen LogP contribution in [0.3, 0.4) is 0 Å². The Morgan fingerprint density at radius 1 is 1.50 bits per heavy atom. The van der Waals surface area contributed by atoms with E-state index < -0.39 is 5.92 Å². The molecule has 0 atom stereocenters. The summed E-state index contributed by atoms with van der Waals surface area (Å²) < 4.78 is 26.9. The minimum absolute atomic E-state index is 0.106. The van der Waals surface area contributed by atoms with Gasteiger partial charge in [0.15, 0.2) is 0 Å². The van der Waals surface area contributed by atoms with Gasteiger partial charge >= 0.3 is 0 Å². The monoisotopic (exact) mass is 337 g/mol. The zero-order valence-electron chi connectivity index (χ0n) is 9.72. The highest BCUT2D eigenvalue weighted by molar-refractivity contribution is 9.10. The number of halogens is 3. The fraction of sp³-hybridized carbons (Fsp3) is 0.583. The largest absolute Gasteiger partial charge is 0.351 e. The van der Waals surface area contributed by atoms with Crippen LogP contribution >= 0.6 is 27.3 Å². The molecule has 0 bridgehead atoms. The standard InChI is InChI=1S/C12H14BrF2NOS/c13-9-3-6-18-10(9)7-16-11(17)8-1-4-12(14,15)5-2-8/h3,6,8H,1-2,4-5,7H2,(H,16,17). The van der Waals surface area contributed by atoms with E-state index in [4.69, 9.17) is 0 Å². The highest BCUT2D eigenvalue weighted by Crippen LogP contribution is 2.36. The van der Waals surface area contributed by atoms with Gasteiger partial charge in [0, 0.05) is 28.1 Å². The van der Waals surface area contributed by atoms with Crippen LogP contribution in [0.1, 0.15) is 30.6 Å². The van der Waals surface area contributed by atoms with Gasteiger partial charge < -0.3 is 5.32 Å². The molecule has 1 aromatic rings. The number of carbonyl (C=O) groups is 1. The van der Waals surface area contributed by atoms with Crippen LogP contribution in [0.15, 0.2) is 15.9 Å². The summed E-state index contributed by atoms with van der Waals surface area (Å²) >= 11 is 4.94. The maximum atomic E-state index is 13.0. The van der Waals surface area contributed by atoms with Gasteiger partial charge in [-0.25, -0.2) is 8.78 Å². The topological polar surface area (TPSA) is 29.1 Å². The molecule has 0 spiro atoms. The molecule has 100 valence electrons. The highest BCUT2D eigenvalue weighted by atomic mass is 79.9. The van der Waals surface area contributed by atoms with Gasteiger partial charge in [-0.15, -0.1) is 11.3 Å². The molecule has 0 aromatic carbocycles. The van der Waals surface area contributed by atoms with Crippen molar-refractivity contribution in [3.8, 4) is 0 Å². The van der Waals surface area contributed by atoms with Crippen LogP contribution in [-0.2, 0) is 11.3 Å². The van der Waals surface area contributed by atoms with Crippen molar-refractivity contribution in [2.45, 2.75) is 38.2 Å². The van der Waals surface area contributed by atoms with Crippen molar-refractivity contribution in [3.05, 3.63) is 20.8 Å².